The molecule has 2 amide bonds. The van der Waals surface area contributed by atoms with Crippen LogP contribution in [0.15, 0.2) is 24.4 Å². The second-order valence-corrected chi connectivity index (χ2v) is 6.93. The summed E-state index contributed by atoms with van der Waals surface area (Å²) in [6.45, 7) is 0.671. The lowest BCUT2D eigenvalue weighted by Gasteiger charge is -2.22. The van der Waals surface area contributed by atoms with E-state index in [1.165, 1.54) is 12.8 Å². The summed E-state index contributed by atoms with van der Waals surface area (Å²) in [5.41, 5.74) is 2.43. The number of pyridine rings is 1. The number of carbonyl (C=O) groups is 2. The topological polar surface area (TPSA) is 71.1 Å². The Hall–Kier alpha value is -2.14. The third-order valence-electron chi connectivity index (χ3n) is 4.67. The Morgan fingerprint density at radius 1 is 1.25 bits per heavy atom. The van der Waals surface area contributed by atoms with Gasteiger partial charge in [-0.15, -0.1) is 0 Å². The Morgan fingerprint density at radius 3 is 2.83 bits per heavy atom. The van der Waals surface area contributed by atoms with Crippen molar-refractivity contribution in [3.63, 3.8) is 0 Å². The van der Waals surface area contributed by atoms with E-state index in [0.717, 1.165) is 27.9 Å². The predicted octanol–water partition coefficient (Wildman–Crippen LogP) is 2.77. The standard InChI is InChI=1S/C18H18ClN3O2/c19-14-7-11-6-12(9-21-16(11)8-13(14)10-3-4-10)17(23)22-15-2-1-5-20-18(15)24/h6-10,15H,1-5H2,(H,20,24)(H,22,23)/t15-/m0/s1. The highest BCUT2D eigenvalue weighted by Crippen LogP contribution is 2.44. The number of amides is 2. The van der Waals surface area contributed by atoms with Gasteiger partial charge in [-0.05, 0) is 55.4 Å². The summed E-state index contributed by atoms with van der Waals surface area (Å²) in [6, 6.07) is 5.21. The zero-order valence-corrected chi connectivity index (χ0v) is 13.9. The number of halogens is 1. The Labute approximate surface area is 144 Å². The van der Waals surface area contributed by atoms with Gasteiger partial charge in [0.2, 0.25) is 5.91 Å². The zero-order chi connectivity index (χ0) is 16.7. The van der Waals surface area contributed by atoms with Gasteiger partial charge in [-0.25, -0.2) is 0 Å². The van der Waals surface area contributed by atoms with E-state index in [-0.39, 0.29) is 11.8 Å². The number of fused-ring (bicyclic) bond motifs is 1. The number of hydrogen-bond donors (Lipinski definition) is 2. The normalized spacial score (nSPS) is 20.7. The van der Waals surface area contributed by atoms with E-state index in [0.29, 0.717) is 24.4 Å². The minimum absolute atomic E-state index is 0.125. The summed E-state index contributed by atoms with van der Waals surface area (Å²) in [5, 5.41) is 7.11. The van der Waals surface area contributed by atoms with Gasteiger partial charge in [0, 0.05) is 23.2 Å². The highest BCUT2D eigenvalue weighted by molar-refractivity contribution is 6.32. The quantitative estimate of drug-likeness (QED) is 0.900. The molecule has 1 aliphatic carbocycles. The largest absolute Gasteiger partial charge is 0.354 e. The smallest absolute Gasteiger partial charge is 0.253 e. The van der Waals surface area contributed by atoms with Crippen LogP contribution in [0.4, 0.5) is 0 Å². The van der Waals surface area contributed by atoms with E-state index in [2.05, 4.69) is 15.6 Å². The summed E-state index contributed by atoms with van der Waals surface area (Å²) in [7, 11) is 0. The van der Waals surface area contributed by atoms with Crippen LogP contribution in [0, 0.1) is 0 Å². The maximum atomic E-state index is 12.4. The van der Waals surface area contributed by atoms with Crippen molar-refractivity contribution in [1.82, 2.24) is 15.6 Å². The van der Waals surface area contributed by atoms with E-state index in [1.807, 2.05) is 12.1 Å². The molecule has 1 aromatic heterocycles. The number of aromatic nitrogens is 1. The molecule has 2 aromatic rings. The number of rotatable bonds is 3. The van der Waals surface area contributed by atoms with Crippen LogP contribution >= 0.6 is 11.6 Å². The molecular weight excluding hydrogens is 326 g/mol. The summed E-state index contributed by atoms with van der Waals surface area (Å²) in [5.74, 6) is 0.144. The molecule has 124 valence electrons. The van der Waals surface area contributed by atoms with Crippen LogP contribution in [-0.4, -0.2) is 29.4 Å². The van der Waals surface area contributed by atoms with E-state index in [1.54, 1.807) is 12.3 Å². The molecule has 1 atom stereocenters. The van der Waals surface area contributed by atoms with Crippen LogP contribution < -0.4 is 10.6 Å². The fraction of sp³-hybridized carbons (Fsp3) is 0.389. The highest BCUT2D eigenvalue weighted by Gasteiger charge is 2.27. The molecule has 0 spiro atoms. The van der Waals surface area contributed by atoms with Gasteiger partial charge in [0.05, 0.1) is 11.1 Å². The molecule has 2 heterocycles. The summed E-state index contributed by atoms with van der Waals surface area (Å²) < 4.78 is 0. The van der Waals surface area contributed by atoms with Gasteiger partial charge in [0.25, 0.3) is 5.91 Å². The van der Waals surface area contributed by atoms with Gasteiger partial charge < -0.3 is 10.6 Å². The van der Waals surface area contributed by atoms with Crippen molar-refractivity contribution < 1.29 is 9.59 Å². The maximum absolute atomic E-state index is 12.4. The van der Waals surface area contributed by atoms with Crippen molar-refractivity contribution in [3.8, 4) is 0 Å². The van der Waals surface area contributed by atoms with Crippen molar-refractivity contribution in [3.05, 3.63) is 40.5 Å². The predicted molar refractivity (Wildman–Crippen MR) is 92.2 cm³/mol. The second-order valence-electron chi connectivity index (χ2n) is 6.52. The van der Waals surface area contributed by atoms with Gasteiger partial charge in [0.15, 0.2) is 0 Å². The molecule has 1 saturated carbocycles. The zero-order valence-electron chi connectivity index (χ0n) is 13.1. The van der Waals surface area contributed by atoms with Gasteiger partial charge in [0.1, 0.15) is 6.04 Å². The average molecular weight is 344 g/mol. The molecule has 1 saturated heterocycles. The fourth-order valence-electron chi connectivity index (χ4n) is 3.15. The first-order valence-electron chi connectivity index (χ1n) is 8.29. The Kier molecular flexibility index (Phi) is 3.88. The lowest BCUT2D eigenvalue weighted by Crippen LogP contribution is -2.50. The van der Waals surface area contributed by atoms with Gasteiger partial charge in [-0.1, -0.05) is 11.6 Å². The lowest BCUT2D eigenvalue weighted by molar-refractivity contribution is -0.124. The molecule has 1 aromatic carbocycles. The van der Waals surface area contributed by atoms with Gasteiger partial charge in [-0.3, -0.25) is 14.6 Å². The SMILES string of the molecule is O=C(N[C@H]1CCCNC1=O)c1cnc2cc(C3CC3)c(Cl)cc2c1. The van der Waals surface area contributed by atoms with Crippen LogP contribution in [0.5, 0.6) is 0 Å². The Balaban J connectivity index is 1.58. The first-order chi connectivity index (χ1) is 11.6. The molecule has 2 aliphatic rings. The lowest BCUT2D eigenvalue weighted by atomic mass is 10.0. The molecule has 4 rings (SSSR count). The van der Waals surface area contributed by atoms with E-state index < -0.39 is 6.04 Å². The van der Waals surface area contributed by atoms with Crippen LogP contribution in [0.3, 0.4) is 0 Å². The minimum Gasteiger partial charge on any atom is -0.354 e. The van der Waals surface area contributed by atoms with Crippen LogP contribution in [0.1, 0.15) is 47.5 Å². The van der Waals surface area contributed by atoms with E-state index in [9.17, 15) is 9.59 Å². The second kappa shape index (κ2) is 6.06. The van der Waals surface area contributed by atoms with Gasteiger partial charge >= 0.3 is 0 Å². The van der Waals surface area contributed by atoms with Crippen LogP contribution in [0.2, 0.25) is 5.02 Å². The molecular formula is C18H18ClN3O2. The van der Waals surface area contributed by atoms with E-state index >= 15 is 0 Å². The molecule has 0 unspecified atom stereocenters. The molecule has 1 aliphatic heterocycles. The number of benzene rings is 1. The third kappa shape index (κ3) is 2.96. The molecule has 0 radical (unpaired) electrons. The van der Waals surface area contributed by atoms with Crippen LogP contribution in [0.25, 0.3) is 10.9 Å². The summed E-state index contributed by atoms with van der Waals surface area (Å²) in [6.07, 6.45) is 5.44. The van der Waals surface area contributed by atoms with Crippen molar-refractivity contribution in [2.75, 3.05) is 6.54 Å². The fourth-order valence-corrected chi connectivity index (χ4v) is 3.47. The van der Waals surface area contributed by atoms with E-state index in [4.69, 9.17) is 11.6 Å². The number of piperidine rings is 1. The molecule has 5 nitrogen and oxygen atoms in total. The van der Waals surface area contributed by atoms with Gasteiger partial charge in [-0.2, -0.15) is 0 Å². The molecule has 2 fully saturated rings. The maximum Gasteiger partial charge on any atom is 0.253 e. The highest BCUT2D eigenvalue weighted by atomic mass is 35.5. The molecule has 0 bridgehead atoms. The summed E-state index contributed by atoms with van der Waals surface area (Å²) in [4.78, 5) is 28.6. The first-order valence-corrected chi connectivity index (χ1v) is 8.67. The Bertz CT molecular complexity index is 832. The van der Waals surface area contributed by atoms with Crippen molar-refractivity contribution >= 4 is 34.3 Å². The van der Waals surface area contributed by atoms with Crippen molar-refractivity contribution in [1.29, 1.82) is 0 Å². The molecule has 6 heteroatoms. The number of carbonyl (C=O) groups excluding carboxylic acids is 2. The summed E-state index contributed by atoms with van der Waals surface area (Å²) >= 11 is 6.36. The third-order valence-corrected chi connectivity index (χ3v) is 5.00. The van der Waals surface area contributed by atoms with Crippen molar-refractivity contribution in [2.45, 2.75) is 37.6 Å². The monoisotopic (exact) mass is 343 g/mol. The number of nitrogens with zero attached hydrogens (tertiary/aromatic N) is 1. The van der Waals surface area contributed by atoms with Crippen molar-refractivity contribution in [2.24, 2.45) is 0 Å². The van der Waals surface area contributed by atoms with Crippen LogP contribution in [-0.2, 0) is 4.79 Å². The number of hydrogen-bond acceptors (Lipinski definition) is 3. The number of nitrogens with one attached hydrogen (secondary N) is 2. The average Bonchev–Trinajstić information content (AvgIpc) is 3.40. The molecule has 24 heavy (non-hydrogen) atoms. The Morgan fingerprint density at radius 2 is 2.08 bits per heavy atom. The minimum atomic E-state index is -0.470. The molecule has 2 N–H and O–H groups in total. The first kappa shape index (κ1) is 15.4.